The van der Waals surface area contributed by atoms with Crippen molar-refractivity contribution in [2.24, 2.45) is 0 Å². The minimum Gasteiger partial charge on any atom is -0.489 e. The summed E-state index contributed by atoms with van der Waals surface area (Å²) < 4.78 is 51.3. The van der Waals surface area contributed by atoms with Crippen LogP contribution in [0.25, 0.3) is 5.69 Å². The fraction of sp³-hybridized carbons (Fsp3) is 0.238. The number of nitrogens with zero attached hydrogens (tertiary/aromatic N) is 2. The number of rotatable bonds is 7. The number of benzene rings is 2. The van der Waals surface area contributed by atoms with Crippen LogP contribution in [-0.2, 0) is 10.9 Å². The first-order valence-corrected chi connectivity index (χ1v) is 9.06. The topological polar surface area (TPSA) is 65.4 Å². The number of hydrogen-bond acceptors (Lipinski definition) is 4. The standard InChI is InChI=1S/C21H20F3N3O3/c1-14-12-18(26-27(14)16-6-4-3-5-7-16)20(28)25-17-13-15(21(22,23)24)8-9-19(17)30-11-10-29-2/h3-9,12-13H,10-11H2,1-2H3,(H,25,28). The van der Waals surface area contributed by atoms with Crippen molar-refractivity contribution >= 4 is 11.6 Å². The number of carbonyl (C=O) groups is 1. The maximum atomic E-state index is 13.1. The average Bonchev–Trinajstić information content (AvgIpc) is 3.11. The molecule has 3 aromatic rings. The Labute approximate surface area is 171 Å². The number of ether oxygens (including phenoxy) is 2. The van der Waals surface area contributed by atoms with E-state index in [1.807, 2.05) is 30.3 Å². The Morgan fingerprint density at radius 3 is 2.50 bits per heavy atom. The predicted octanol–water partition coefficient (Wildman–Crippen LogP) is 4.48. The third kappa shape index (κ3) is 4.98. The van der Waals surface area contributed by atoms with Crippen molar-refractivity contribution in [2.75, 3.05) is 25.6 Å². The second kappa shape index (κ2) is 9.00. The zero-order chi connectivity index (χ0) is 21.7. The highest BCUT2D eigenvalue weighted by Crippen LogP contribution is 2.35. The first kappa shape index (κ1) is 21.4. The average molecular weight is 419 g/mol. The highest BCUT2D eigenvalue weighted by atomic mass is 19.4. The molecule has 1 amide bonds. The second-order valence-corrected chi connectivity index (χ2v) is 6.42. The number of methoxy groups -OCH3 is 1. The van der Waals surface area contributed by atoms with Crippen molar-refractivity contribution in [1.82, 2.24) is 9.78 Å². The van der Waals surface area contributed by atoms with E-state index in [0.29, 0.717) is 5.69 Å². The zero-order valence-electron chi connectivity index (χ0n) is 16.4. The molecular weight excluding hydrogens is 399 g/mol. The molecule has 30 heavy (non-hydrogen) atoms. The number of para-hydroxylation sites is 1. The van der Waals surface area contributed by atoms with Gasteiger partial charge < -0.3 is 14.8 Å². The third-order valence-corrected chi connectivity index (χ3v) is 4.22. The van der Waals surface area contributed by atoms with E-state index in [1.165, 1.54) is 13.2 Å². The minimum atomic E-state index is -4.56. The van der Waals surface area contributed by atoms with Gasteiger partial charge in [-0.15, -0.1) is 0 Å². The van der Waals surface area contributed by atoms with Crippen LogP contribution < -0.4 is 10.1 Å². The molecule has 0 fully saturated rings. The first-order chi connectivity index (χ1) is 14.3. The third-order valence-electron chi connectivity index (χ3n) is 4.22. The number of aryl methyl sites for hydroxylation is 1. The molecule has 1 heterocycles. The molecule has 1 N–H and O–H groups in total. The molecule has 0 saturated heterocycles. The van der Waals surface area contributed by atoms with Crippen LogP contribution in [0.1, 0.15) is 21.7 Å². The van der Waals surface area contributed by atoms with Crippen molar-refractivity contribution in [2.45, 2.75) is 13.1 Å². The second-order valence-electron chi connectivity index (χ2n) is 6.42. The molecule has 0 aliphatic rings. The van der Waals surface area contributed by atoms with Gasteiger partial charge in [-0.05, 0) is 43.3 Å². The SMILES string of the molecule is COCCOc1ccc(C(F)(F)F)cc1NC(=O)c1cc(C)n(-c2ccccc2)n1. The van der Waals surface area contributed by atoms with Crippen molar-refractivity contribution in [1.29, 1.82) is 0 Å². The smallest absolute Gasteiger partial charge is 0.416 e. The molecule has 0 radical (unpaired) electrons. The van der Waals surface area contributed by atoms with Gasteiger partial charge in [0.1, 0.15) is 12.4 Å². The summed E-state index contributed by atoms with van der Waals surface area (Å²) in [5, 5.41) is 6.75. The van der Waals surface area contributed by atoms with E-state index in [0.717, 1.165) is 17.8 Å². The summed E-state index contributed by atoms with van der Waals surface area (Å²) in [6.07, 6.45) is -4.56. The molecule has 158 valence electrons. The molecule has 0 atom stereocenters. The quantitative estimate of drug-likeness (QED) is 0.574. The van der Waals surface area contributed by atoms with E-state index in [1.54, 1.807) is 17.7 Å². The Kier molecular flexibility index (Phi) is 6.41. The molecule has 0 aliphatic heterocycles. The van der Waals surface area contributed by atoms with Crippen LogP contribution in [0, 0.1) is 6.92 Å². The maximum absolute atomic E-state index is 13.1. The van der Waals surface area contributed by atoms with Crippen molar-refractivity contribution in [3.8, 4) is 11.4 Å². The molecule has 0 saturated carbocycles. The molecule has 0 unspecified atom stereocenters. The number of hydrogen-bond donors (Lipinski definition) is 1. The van der Waals surface area contributed by atoms with Gasteiger partial charge in [-0.3, -0.25) is 4.79 Å². The molecule has 9 heteroatoms. The van der Waals surface area contributed by atoms with E-state index in [4.69, 9.17) is 9.47 Å². The van der Waals surface area contributed by atoms with Crippen molar-refractivity contribution in [3.05, 3.63) is 71.5 Å². The molecular formula is C21H20F3N3O3. The summed E-state index contributed by atoms with van der Waals surface area (Å²) in [7, 11) is 1.48. The van der Waals surface area contributed by atoms with E-state index >= 15 is 0 Å². The molecule has 2 aromatic carbocycles. The summed E-state index contributed by atoms with van der Waals surface area (Å²) in [5.41, 5.74) is 0.529. The Morgan fingerprint density at radius 1 is 1.10 bits per heavy atom. The van der Waals surface area contributed by atoms with Crippen LogP contribution in [0.15, 0.2) is 54.6 Å². The van der Waals surface area contributed by atoms with E-state index < -0.39 is 17.6 Å². The zero-order valence-corrected chi connectivity index (χ0v) is 16.4. The van der Waals surface area contributed by atoms with Crippen LogP contribution in [0.2, 0.25) is 0 Å². The fourth-order valence-corrected chi connectivity index (χ4v) is 2.77. The summed E-state index contributed by atoms with van der Waals surface area (Å²) in [4.78, 5) is 12.7. The number of nitrogens with one attached hydrogen (secondary N) is 1. The number of alkyl halides is 3. The van der Waals surface area contributed by atoms with Crippen LogP contribution in [-0.4, -0.2) is 36.0 Å². The van der Waals surface area contributed by atoms with Gasteiger partial charge in [0.05, 0.1) is 23.5 Å². The highest BCUT2D eigenvalue weighted by molar-refractivity contribution is 6.03. The van der Waals surface area contributed by atoms with Crippen LogP contribution in [0.5, 0.6) is 5.75 Å². The Bertz CT molecular complexity index is 1020. The van der Waals surface area contributed by atoms with Gasteiger partial charge in [0, 0.05) is 12.8 Å². The summed E-state index contributed by atoms with van der Waals surface area (Å²) in [6, 6.07) is 13.6. The lowest BCUT2D eigenvalue weighted by Crippen LogP contribution is -2.16. The van der Waals surface area contributed by atoms with Gasteiger partial charge in [0.2, 0.25) is 0 Å². The van der Waals surface area contributed by atoms with Gasteiger partial charge >= 0.3 is 6.18 Å². The van der Waals surface area contributed by atoms with Gasteiger partial charge in [-0.2, -0.15) is 18.3 Å². The number of anilines is 1. The van der Waals surface area contributed by atoms with E-state index in [-0.39, 0.29) is 30.3 Å². The number of halogens is 3. The van der Waals surface area contributed by atoms with Crippen molar-refractivity contribution < 1.29 is 27.4 Å². The lowest BCUT2D eigenvalue weighted by Gasteiger charge is -2.15. The summed E-state index contributed by atoms with van der Waals surface area (Å²) in [5.74, 6) is -0.545. The van der Waals surface area contributed by atoms with Gasteiger partial charge in [0.25, 0.3) is 5.91 Å². The number of aromatic nitrogens is 2. The van der Waals surface area contributed by atoms with Gasteiger partial charge in [0.15, 0.2) is 5.69 Å². The van der Waals surface area contributed by atoms with Gasteiger partial charge in [-0.1, -0.05) is 18.2 Å². The monoisotopic (exact) mass is 419 g/mol. The fourth-order valence-electron chi connectivity index (χ4n) is 2.77. The molecule has 3 rings (SSSR count). The first-order valence-electron chi connectivity index (χ1n) is 9.06. The van der Waals surface area contributed by atoms with Gasteiger partial charge in [-0.25, -0.2) is 4.68 Å². The van der Waals surface area contributed by atoms with Crippen LogP contribution >= 0.6 is 0 Å². The van der Waals surface area contributed by atoms with E-state index in [2.05, 4.69) is 10.4 Å². The summed E-state index contributed by atoms with van der Waals surface area (Å²) >= 11 is 0. The van der Waals surface area contributed by atoms with Crippen LogP contribution in [0.4, 0.5) is 18.9 Å². The van der Waals surface area contributed by atoms with E-state index in [9.17, 15) is 18.0 Å². The molecule has 1 aromatic heterocycles. The molecule has 0 spiro atoms. The number of amides is 1. The lowest BCUT2D eigenvalue weighted by atomic mass is 10.1. The Balaban J connectivity index is 1.88. The Hall–Kier alpha value is -3.33. The largest absolute Gasteiger partial charge is 0.489 e. The number of carbonyl (C=O) groups excluding carboxylic acids is 1. The highest BCUT2D eigenvalue weighted by Gasteiger charge is 2.31. The normalized spacial score (nSPS) is 11.4. The molecule has 0 aliphatic carbocycles. The lowest BCUT2D eigenvalue weighted by molar-refractivity contribution is -0.137. The molecule has 0 bridgehead atoms. The van der Waals surface area contributed by atoms with Crippen LogP contribution in [0.3, 0.4) is 0 Å². The van der Waals surface area contributed by atoms with Crippen molar-refractivity contribution in [3.63, 3.8) is 0 Å². The predicted molar refractivity (Wildman–Crippen MR) is 105 cm³/mol. The minimum absolute atomic E-state index is 0.0663. The summed E-state index contributed by atoms with van der Waals surface area (Å²) in [6.45, 7) is 2.14. The Morgan fingerprint density at radius 2 is 1.83 bits per heavy atom. The maximum Gasteiger partial charge on any atom is 0.416 e. The molecule has 6 nitrogen and oxygen atoms in total.